The molecular weight excluding hydrogens is 390 g/mol. The highest BCUT2D eigenvalue weighted by Gasteiger charge is 2.22. The first-order valence-corrected chi connectivity index (χ1v) is 8.45. The van der Waals surface area contributed by atoms with Gasteiger partial charge in [0.2, 0.25) is 5.88 Å². The Balaban J connectivity index is 2.19. The van der Waals surface area contributed by atoms with Crippen molar-refractivity contribution in [2.75, 3.05) is 13.7 Å². The maximum absolute atomic E-state index is 12.4. The number of hydrogen-bond acceptors (Lipinski definition) is 6. The van der Waals surface area contributed by atoms with Gasteiger partial charge in [0.1, 0.15) is 6.10 Å². The van der Waals surface area contributed by atoms with Crippen LogP contribution in [-0.4, -0.2) is 30.6 Å². The number of nitrogens with zero attached hydrogens (tertiary/aromatic N) is 1. The fraction of sp³-hybridized carbons (Fsp3) is 0.278. The number of carbonyl (C=O) groups is 2. The molecule has 0 fully saturated rings. The third-order valence-corrected chi connectivity index (χ3v) is 3.80. The van der Waals surface area contributed by atoms with Crippen LogP contribution >= 0.6 is 15.9 Å². The maximum atomic E-state index is 12.4. The van der Waals surface area contributed by atoms with Gasteiger partial charge in [0, 0.05) is 16.7 Å². The number of methoxy groups -OCH3 is 1. The number of rotatable bonds is 7. The van der Waals surface area contributed by atoms with E-state index in [9.17, 15) is 9.59 Å². The number of esters is 2. The van der Waals surface area contributed by atoms with Crippen molar-refractivity contribution in [2.45, 2.75) is 19.4 Å². The van der Waals surface area contributed by atoms with Gasteiger partial charge >= 0.3 is 11.9 Å². The molecule has 132 valence electrons. The molecule has 0 spiro atoms. The van der Waals surface area contributed by atoms with Crippen LogP contribution in [0.25, 0.3) is 0 Å². The molecule has 25 heavy (non-hydrogen) atoms. The van der Waals surface area contributed by atoms with Crippen molar-refractivity contribution in [3.05, 3.63) is 58.2 Å². The van der Waals surface area contributed by atoms with Crippen molar-refractivity contribution in [2.24, 2.45) is 0 Å². The first kappa shape index (κ1) is 18.9. The van der Waals surface area contributed by atoms with Crippen LogP contribution in [-0.2, 0) is 14.3 Å². The topological polar surface area (TPSA) is 74.7 Å². The number of hydrogen-bond donors (Lipinski definition) is 0. The molecule has 2 rings (SSSR count). The highest BCUT2D eigenvalue weighted by molar-refractivity contribution is 9.10. The van der Waals surface area contributed by atoms with Gasteiger partial charge in [-0.25, -0.2) is 9.78 Å². The molecule has 7 heteroatoms. The molecule has 0 radical (unpaired) electrons. The molecule has 0 bridgehead atoms. The lowest BCUT2D eigenvalue weighted by Crippen LogP contribution is -2.17. The van der Waals surface area contributed by atoms with Crippen molar-refractivity contribution in [3.8, 4) is 5.88 Å². The smallest absolute Gasteiger partial charge is 0.340 e. The number of benzene rings is 1. The Morgan fingerprint density at radius 1 is 1.24 bits per heavy atom. The van der Waals surface area contributed by atoms with Gasteiger partial charge in [0.05, 0.1) is 25.7 Å². The molecule has 0 amide bonds. The van der Waals surface area contributed by atoms with Crippen LogP contribution in [0.4, 0.5) is 0 Å². The molecule has 6 nitrogen and oxygen atoms in total. The fourth-order valence-corrected chi connectivity index (χ4v) is 2.54. The van der Waals surface area contributed by atoms with E-state index in [1.807, 2.05) is 6.07 Å². The normalized spacial score (nSPS) is 11.5. The summed E-state index contributed by atoms with van der Waals surface area (Å²) in [5.41, 5.74) is 0.960. The van der Waals surface area contributed by atoms with Gasteiger partial charge in [-0.15, -0.1) is 0 Å². The fourth-order valence-electron chi connectivity index (χ4n) is 2.12. The zero-order valence-electron chi connectivity index (χ0n) is 13.9. The highest BCUT2D eigenvalue weighted by Crippen LogP contribution is 2.26. The summed E-state index contributed by atoms with van der Waals surface area (Å²) < 4.78 is 16.3. The quantitative estimate of drug-likeness (QED) is 0.651. The van der Waals surface area contributed by atoms with E-state index >= 15 is 0 Å². The van der Waals surface area contributed by atoms with Crippen molar-refractivity contribution in [1.82, 2.24) is 4.98 Å². The average Bonchev–Trinajstić information content (AvgIpc) is 2.61. The minimum Gasteiger partial charge on any atom is -0.481 e. The minimum atomic E-state index is -0.758. The molecule has 1 heterocycles. The predicted octanol–water partition coefficient (Wildman–Crippen LogP) is 3.70. The van der Waals surface area contributed by atoms with E-state index in [0.29, 0.717) is 11.4 Å². The zero-order valence-corrected chi connectivity index (χ0v) is 15.5. The zero-order chi connectivity index (χ0) is 18.2. The summed E-state index contributed by atoms with van der Waals surface area (Å²) in [5, 5.41) is 0. The Morgan fingerprint density at radius 2 is 2.04 bits per heavy atom. The van der Waals surface area contributed by atoms with Gasteiger partial charge in [-0.2, -0.15) is 0 Å². The maximum Gasteiger partial charge on any atom is 0.340 e. The lowest BCUT2D eigenvalue weighted by atomic mass is 10.1. The van der Waals surface area contributed by atoms with E-state index in [-0.39, 0.29) is 18.6 Å². The highest BCUT2D eigenvalue weighted by atomic mass is 79.9. The summed E-state index contributed by atoms with van der Waals surface area (Å²) in [6, 6.07) is 10.4. The third kappa shape index (κ3) is 5.56. The number of aromatic nitrogens is 1. The molecule has 1 atom stereocenters. The second-order valence-electron chi connectivity index (χ2n) is 5.05. The van der Waals surface area contributed by atoms with Gasteiger partial charge in [0.15, 0.2) is 0 Å². The van der Waals surface area contributed by atoms with Crippen LogP contribution in [0, 0.1) is 0 Å². The Labute approximate surface area is 154 Å². The van der Waals surface area contributed by atoms with Crippen LogP contribution in [0.5, 0.6) is 5.88 Å². The van der Waals surface area contributed by atoms with E-state index < -0.39 is 18.0 Å². The molecule has 0 aliphatic rings. The largest absolute Gasteiger partial charge is 0.481 e. The van der Waals surface area contributed by atoms with E-state index in [1.54, 1.807) is 37.3 Å². The van der Waals surface area contributed by atoms with E-state index in [0.717, 1.165) is 4.47 Å². The first-order chi connectivity index (χ1) is 12.0. The van der Waals surface area contributed by atoms with Crippen LogP contribution in [0.2, 0.25) is 0 Å². The van der Waals surface area contributed by atoms with E-state index in [1.165, 1.54) is 13.3 Å². The summed E-state index contributed by atoms with van der Waals surface area (Å²) in [6.45, 7) is 1.99. The van der Waals surface area contributed by atoms with Crippen LogP contribution in [0.3, 0.4) is 0 Å². The molecular formula is C18H18BrNO5. The second-order valence-corrected chi connectivity index (χ2v) is 5.96. The summed E-state index contributed by atoms with van der Waals surface area (Å²) in [5.74, 6) is -0.621. The molecule has 0 aliphatic heterocycles. The Bertz CT molecular complexity index is 733. The molecule has 0 saturated carbocycles. The Hall–Kier alpha value is -2.41. The first-order valence-electron chi connectivity index (χ1n) is 7.65. The molecule has 0 unspecified atom stereocenters. The molecule has 2 aromatic rings. The van der Waals surface area contributed by atoms with Crippen molar-refractivity contribution >= 4 is 27.9 Å². The molecule has 1 aromatic heterocycles. The van der Waals surface area contributed by atoms with E-state index in [2.05, 4.69) is 20.9 Å². The number of halogens is 1. The van der Waals surface area contributed by atoms with Crippen molar-refractivity contribution in [3.63, 3.8) is 0 Å². The van der Waals surface area contributed by atoms with Gasteiger partial charge in [0.25, 0.3) is 0 Å². The van der Waals surface area contributed by atoms with Crippen LogP contribution < -0.4 is 4.74 Å². The number of ether oxygens (including phenoxy) is 3. The van der Waals surface area contributed by atoms with Gasteiger partial charge in [-0.3, -0.25) is 4.79 Å². The average molecular weight is 408 g/mol. The monoisotopic (exact) mass is 407 g/mol. The molecule has 0 aliphatic carbocycles. The lowest BCUT2D eigenvalue weighted by molar-refractivity contribution is -0.145. The van der Waals surface area contributed by atoms with Crippen LogP contribution in [0.15, 0.2) is 47.1 Å². The van der Waals surface area contributed by atoms with Gasteiger partial charge in [-0.05, 0) is 30.7 Å². The Kier molecular flexibility index (Phi) is 6.94. The minimum absolute atomic E-state index is 0.0698. The lowest BCUT2D eigenvalue weighted by Gasteiger charge is -2.18. The number of carbonyl (C=O) groups excluding carboxylic acids is 2. The van der Waals surface area contributed by atoms with Crippen LogP contribution in [0.1, 0.15) is 35.4 Å². The Morgan fingerprint density at radius 3 is 2.64 bits per heavy atom. The standard InChI is InChI=1S/C18H18BrNO5/c1-3-24-17(21)10-15(12-5-4-6-14(19)9-12)25-18(22)13-7-8-16(23-2)20-11-13/h4-9,11,15H,3,10H2,1-2H3/t15-/m0/s1. The van der Waals surface area contributed by atoms with Gasteiger partial charge in [-0.1, -0.05) is 28.1 Å². The molecule has 1 aromatic carbocycles. The second kappa shape index (κ2) is 9.17. The van der Waals surface area contributed by atoms with Crippen molar-refractivity contribution in [1.29, 1.82) is 0 Å². The molecule has 0 saturated heterocycles. The summed E-state index contributed by atoms with van der Waals surface area (Å²) in [6.07, 6.45) is 0.537. The van der Waals surface area contributed by atoms with Crippen molar-refractivity contribution < 1.29 is 23.8 Å². The summed E-state index contributed by atoms with van der Waals surface area (Å²) in [4.78, 5) is 28.2. The molecule has 0 N–H and O–H groups in total. The number of pyridine rings is 1. The SMILES string of the molecule is CCOC(=O)C[C@H](OC(=O)c1ccc(OC)nc1)c1cccc(Br)c1. The van der Waals surface area contributed by atoms with Gasteiger partial charge < -0.3 is 14.2 Å². The summed E-state index contributed by atoms with van der Waals surface area (Å²) >= 11 is 3.37. The predicted molar refractivity (Wildman–Crippen MR) is 94.3 cm³/mol. The summed E-state index contributed by atoms with van der Waals surface area (Å²) in [7, 11) is 1.49. The van der Waals surface area contributed by atoms with E-state index in [4.69, 9.17) is 14.2 Å². The third-order valence-electron chi connectivity index (χ3n) is 3.31.